The van der Waals surface area contributed by atoms with Crippen LogP contribution in [0.15, 0.2) is 28.8 Å². The van der Waals surface area contributed by atoms with Gasteiger partial charge in [0.1, 0.15) is 6.61 Å². The highest BCUT2D eigenvalue weighted by Crippen LogP contribution is 2.37. The van der Waals surface area contributed by atoms with Crippen molar-refractivity contribution in [3.63, 3.8) is 0 Å². The molecule has 164 valence electrons. The third-order valence-corrected chi connectivity index (χ3v) is 3.91. The average Bonchev–Trinajstić information content (AvgIpc) is 3.15. The predicted molar refractivity (Wildman–Crippen MR) is 104 cm³/mol. The number of carbonyl (C=O) groups excluding carboxylic acids is 1. The van der Waals surface area contributed by atoms with Crippen LogP contribution in [0, 0.1) is 0 Å². The Morgan fingerprint density at radius 1 is 1.23 bits per heavy atom. The van der Waals surface area contributed by atoms with Crippen molar-refractivity contribution in [2.24, 2.45) is 0 Å². The van der Waals surface area contributed by atoms with Crippen LogP contribution >= 0.6 is 11.6 Å². The molecule has 13 nitrogen and oxygen atoms in total. The minimum Gasteiger partial charge on any atom is -0.494 e. The van der Waals surface area contributed by atoms with Crippen LogP contribution in [0.1, 0.15) is 16.4 Å². The Labute approximate surface area is 179 Å². The second-order valence-electron chi connectivity index (χ2n) is 5.97. The van der Waals surface area contributed by atoms with Gasteiger partial charge < -0.3 is 34.6 Å². The fourth-order valence-corrected chi connectivity index (χ4v) is 2.71. The average molecular weight is 453 g/mol. The van der Waals surface area contributed by atoms with Crippen LogP contribution in [0.25, 0.3) is 11.4 Å². The lowest BCUT2D eigenvalue weighted by Crippen LogP contribution is -2.48. The van der Waals surface area contributed by atoms with Crippen LogP contribution in [0.2, 0.25) is 5.15 Å². The molecule has 14 heteroatoms. The summed E-state index contributed by atoms with van der Waals surface area (Å²) in [5.41, 5.74) is 0.475. The second-order valence-corrected chi connectivity index (χ2v) is 6.36. The molecule has 0 atom stereocenters. The van der Waals surface area contributed by atoms with Crippen molar-refractivity contribution in [1.82, 2.24) is 25.7 Å². The van der Waals surface area contributed by atoms with Gasteiger partial charge in [-0.1, -0.05) is 22.8 Å². The van der Waals surface area contributed by atoms with Crippen molar-refractivity contribution < 1.29 is 34.1 Å². The van der Waals surface area contributed by atoms with Gasteiger partial charge in [-0.3, -0.25) is 10.1 Å². The standard InChI is InChI=1S/C17H17ClN6O7/c1-29-7-12-20-15(24-31-12)8-4-3-5-9(14(8)30-2)19-10-6-11(18)22-23-13(10)16(25)21-17(26,27)28/h3-6,26-28H,7H2,1-2H3,(H,19,22)(H,21,25). The van der Waals surface area contributed by atoms with E-state index in [1.807, 2.05) is 0 Å². The van der Waals surface area contributed by atoms with Gasteiger partial charge in [0.05, 0.1) is 24.0 Å². The molecule has 0 fully saturated rings. The van der Waals surface area contributed by atoms with E-state index in [-0.39, 0.29) is 34.9 Å². The molecule has 0 aliphatic carbocycles. The Balaban J connectivity index is 1.99. The van der Waals surface area contributed by atoms with E-state index in [9.17, 15) is 4.79 Å². The van der Waals surface area contributed by atoms with E-state index < -0.39 is 12.0 Å². The maximum Gasteiger partial charge on any atom is 0.369 e. The molecule has 31 heavy (non-hydrogen) atoms. The number of para-hydroxylation sites is 1. The van der Waals surface area contributed by atoms with E-state index in [2.05, 4.69) is 25.7 Å². The summed E-state index contributed by atoms with van der Waals surface area (Å²) in [5, 5.41) is 42.5. The lowest BCUT2D eigenvalue weighted by molar-refractivity contribution is -0.323. The number of ether oxygens (including phenoxy) is 2. The molecule has 0 aliphatic heterocycles. The Hall–Kier alpha value is -3.36. The summed E-state index contributed by atoms with van der Waals surface area (Å²) in [6, 6.07) is 6.26. The van der Waals surface area contributed by atoms with E-state index >= 15 is 0 Å². The molecular formula is C17H17ClN6O7. The molecule has 3 aromatic rings. The quantitative estimate of drug-likeness (QED) is 0.296. The number of hydrogen-bond donors (Lipinski definition) is 5. The van der Waals surface area contributed by atoms with Gasteiger partial charge in [0.2, 0.25) is 5.82 Å². The summed E-state index contributed by atoms with van der Waals surface area (Å²) >= 11 is 5.89. The fourth-order valence-electron chi connectivity index (χ4n) is 2.57. The van der Waals surface area contributed by atoms with E-state index in [1.165, 1.54) is 25.6 Å². The minimum absolute atomic E-state index is 0.0328. The van der Waals surface area contributed by atoms with Crippen molar-refractivity contribution in [2.45, 2.75) is 12.7 Å². The zero-order valence-corrected chi connectivity index (χ0v) is 16.9. The van der Waals surface area contributed by atoms with Crippen LogP contribution in [0.3, 0.4) is 0 Å². The van der Waals surface area contributed by atoms with Gasteiger partial charge in [0.15, 0.2) is 16.6 Å². The van der Waals surface area contributed by atoms with Gasteiger partial charge in [-0.2, -0.15) is 4.98 Å². The van der Waals surface area contributed by atoms with Crippen molar-refractivity contribution in [3.8, 4) is 17.1 Å². The summed E-state index contributed by atoms with van der Waals surface area (Å²) < 4.78 is 15.5. The molecule has 1 aromatic carbocycles. The van der Waals surface area contributed by atoms with Crippen LogP contribution in [0.4, 0.5) is 11.4 Å². The van der Waals surface area contributed by atoms with Crippen molar-refractivity contribution >= 4 is 28.9 Å². The molecule has 0 aliphatic rings. The van der Waals surface area contributed by atoms with Crippen LogP contribution in [-0.2, 0) is 11.3 Å². The van der Waals surface area contributed by atoms with Crippen molar-refractivity contribution in [2.75, 3.05) is 19.5 Å². The molecule has 0 bridgehead atoms. The van der Waals surface area contributed by atoms with E-state index in [0.29, 0.717) is 17.0 Å². The Morgan fingerprint density at radius 2 is 2.00 bits per heavy atom. The lowest BCUT2D eigenvalue weighted by Gasteiger charge is -2.17. The smallest absolute Gasteiger partial charge is 0.369 e. The number of nitrogens with zero attached hydrogens (tertiary/aromatic N) is 4. The number of aliphatic hydroxyl groups is 3. The topological polar surface area (TPSA) is 185 Å². The number of carbonyl (C=O) groups is 1. The molecule has 2 heterocycles. The highest BCUT2D eigenvalue weighted by atomic mass is 35.5. The third kappa shape index (κ3) is 5.42. The van der Waals surface area contributed by atoms with Gasteiger partial charge in [0.25, 0.3) is 11.8 Å². The monoisotopic (exact) mass is 452 g/mol. The summed E-state index contributed by atoms with van der Waals surface area (Å²) in [6.45, 7) is 0.134. The summed E-state index contributed by atoms with van der Waals surface area (Å²) in [5.74, 6) is -0.339. The summed E-state index contributed by atoms with van der Waals surface area (Å²) in [6.07, 6.45) is -3.45. The SMILES string of the molecule is COCc1nc(-c2cccc(Nc3cc(Cl)nnc3C(=O)NC(O)(O)O)c2OC)no1. The first-order valence-corrected chi connectivity index (χ1v) is 8.88. The van der Waals surface area contributed by atoms with Crippen molar-refractivity contribution in [1.29, 1.82) is 0 Å². The largest absolute Gasteiger partial charge is 0.494 e. The first-order chi connectivity index (χ1) is 14.7. The number of amides is 1. The third-order valence-electron chi connectivity index (χ3n) is 3.73. The molecule has 0 spiro atoms. The molecule has 5 N–H and O–H groups in total. The number of halogens is 1. The molecule has 0 radical (unpaired) electrons. The van der Waals surface area contributed by atoms with Gasteiger partial charge in [-0.05, 0) is 12.1 Å². The molecule has 0 saturated heterocycles. The zero-order valence-electron chi connectivity index (χ0n) is 16.2. The van der Waals surface area contributed by atoms with Crippen LogP contribution in [0.5, 0.6) is 5.75 Å². The number of hydrogen-bond acceptors (Lipinski definition) is 12. The zero-order chi connectivity index (χ0) is 22.6. The molecule has 1 amide bonds. The van der Waals surface area contributed by atoms with Gasteiger partial charge in [-0.15, -0.1) is 10.2 Å². The molecule has 2 aromatic heterocycles. The van der Waals surface area contributed by atoms with Crippen LogP contribution < -0.4 is 15.4 Å². The maximum absolute atomic E-state index is 12.2. The number of rotatable bonds is 8. The lowest BCUT2D eigenvalue weighted by atomic mass is 10.1. The van der Waals surface area contributed by atoms with Crippen molar-refractivity contribution in [3.05, 3.63) is 41.0 Å². The second kappa shape index (κ2) is 9.20. The van der Waals surface area contributed by atoms with Gasteiger partial charge in [-0.25, -0.2) is 0 Å². The van der Waals surface area contributed by atoms with Gasteiger partial charge in [0, 0.05) is 13.2 Å². The Bertz CT molecular complexity index is 1090. The molecule has 3 rings (SSSR count). The molecular weight excluding hydrogens is 436 g/mol. The number of methoxy groups -OCH3 is 2. The molecule has 0 saturated carbocycles. The maximum atomic E-state index is 12.2. The first kappa shape index (κ1) is 22.3. The summed E-state index contributed by atoms with van der Waals surface area (Å²) in [7, 11) is 2.91. The molecule has 0 unspecified atom stereocenters. The highest BCUT2D eigenvalue weighted by Gasteiger charge is 2.26. The fraction of sp³-hybridized carbons (Fsp3) is 0.235. The minimum atomic E-state index is -3.45. The normalized spacial score (nSPS) is 11.3. The number of benzene rings is 1. The summed E-state index contributed by atoms with van der Waals surface area (Å²) in [4.78, 5) is 16.5. The van der Waals surface area contributed by atoms with E-state index in [4.69, 9.17) is 40.9 Å². The van der Waals surface area contributed by atoms with Gasteiger partial charge >= 0.3 is 6.10 Å². The Kier molecular flexibility index (Phi) is 6.62. The first-order valence-electron chi connectivity index (χ1n) is 8.50. The Morgan fingerprint density at radius 3 is 2.68 bits per heavy atom. The number of anilines is 2. The highest BCUT2D eigenvalue weighted by molar-refractivity contribution is 6.29. The number of aromatic nitrogens is 4. The van der Waals surface area contributed by atoms with E-state index in [1.54, 1.807) is 18.2 Å². The number of nitrogens with one attached hydrogen (secondary N) is 2. The van der Waals surface area contributed by atoms with Crippen LogP contribution in [-0.4, -0.2) is 61.9 Å². The predicted octanol–water partition coefficient (Wildman–Crippen LogP) is 0.397. The van der Waals surface area contributed by atoms with E-state index in [0.717, 1.165) is 0 Å².